The molecule has 4 aromatic rings. The topological polar surface area (TPSA) is 70.4 Å². The van der Waals surface area contributed by atoms with E-state index in [1.807, 2.05) is 42.5 Å². The predicted molar refractivity (Wildman–Crippen MR) is 119 cm³/mol. The molecule has 6 heteroatoms. The zero-order valence-electron chi connectivity index (χ0n) is 17.2. The summed E-state index contributed by atoms with van der Waals surface area (Å²) in [4.78, 5) is 25.9. The molecule has 0 unspecified atom stereocenters. The van der Waals surface area contributed by atoms with E-state index in [0.29, 0.717) is 23.1 Å². The molecule has 0 bridgehead atoms. The second-order valence-electron chi connectivity index (χ2n) is 7.12. The molecule has 0 radical (unpaired) electrons. The first-order valence-corrected chi connectivity index (χ1v) is 9.99. The number of carbonyl (C=O) groups is 1. The number of carbonyl (C=O) groups excluding carboxylic acids is 1. The van der Waals surface area contributed by atoms with Gasteiger partial charge in [-0.3, -0.25) is 4.79 Å². The molecule has 0 aliphatic heterocycles. The molecule has 0 atom stereocenters. The van der Waals surface area contributed by atoms with Crippen LogP contribution in [0.25, 0.3) is 10.8 Å². The molecule has 0 aliphatic rings. The van der Waals surface area contributed by atoms with E-state index in [2.05, 4.69) is 5.10 Å². The molecule has 0 amide bonds. The van der Waals surface area contributed by atoms with E-state index in [1.54, 1.807) is 43.5 Å². The van der Waals surface area contributed by atoms with Crippen molar-refractivity contribution in [1.82, 2.24) is 9.78 Å². The second-order valence-corrected chi connectivity index (χ2v) is 7.12. The first-order valence-electron chi connectivity index (χ1n) is 9.99. The fraction of sp³-hybridized carbons (Fsp3) is 0.160. The van der Waals surface area contributed by atoms with Gasteiger partial charge in [-0.05, 0) is 35.7 Å². The van der Waals surface area contributed by atoms with E-state index in [-0.39, 0.29) is 17.8 Å². The molecule has 0 saturated carbocycles. The fourth-order valence-electron chi connectivity index (χ4n) is 3.35. The van der Waals surface area contributed by atoms with Crippen LogP contribution in [0, 0.1) is 0 Å². The average molecular weight is 414 g/mol. The number of benzene rings is 3. The van der Waals surface area contributed by atoms with Gasteiger partial charge >= 0.3 is 5.97 Å². The van der Waals surface area contributed by atoms with Gasteiger partial charge in [0.2, 0.25) is 0 Å². The van der Waals surface area contributed by atoms with E-state index in [4.69, 9.17) is 9.47 Å². The number of rotatable bonds is 7. The minimum atomic E-state index is -0.609. The van der Waals surface area contributed by atoms with Gasteiger partial charge in [0.1, 0.15) is 5.75 Å². The molecule has 1 heterocycles. The number of fused-ring (bicyclic) bond motifs is 1. The predicted octanol–water partition coefficient (Wildman–Crippen LogP) is 3.85. The first kappa shape index (κ1) is 20.5. The number of hydrogen-bond donors (Lipinski definition) is 0. The van der Waals surface area contributed by atoms with Gasteiger partial charge in [-0.2, -0.15) is 5.10 Å². The van der Waals surface area contributed by atoms with Gasteiger partial charge in [0, 0.05) is 12.5 Å². The van der Waals surface area contributed by atoms with Crippen LogP contribution in [0.2, 0.25) is 0 Å². The minimum Gasteiger partial charge on any atom is -0.422 e. The van der Waals surface area contributed by atoms with Crippen LogP contribution in [-0.4, -0.2) is 29.5 Å². The van der Waals surface area contributed by atoms with Gasteiger partial charge in [-0.15, -0.1) is 0 Å². The number of ether oxygens (including phenoxy) is 2. The van der Waals surface area contributed by atoms with Crippen LogP contribution >= 0.6 is 0 Å². The highest BCUT2D eigenvalue weighted by molar-refractivity contribution is 6.02. The summed E-state index contributed by atoms with van der Waals surface area (Å²) in [5.74, 6) is -0.194. The van der Waals surface area contributed by atoms with Crippen molar-refractivity contribution in [2.24, 2.45) is 0 Å². The monoisotopic (exact) mass is 414 g/mol. The number of methoxy groups -OCH3 is 1. The van der Waals surface area contributed by atoms with Gasteiger partial charge in [-0.25, -0.2) is 9.48 Å². The van der Waals surface area contributed by atoms with Crippen LogP contribution < -0.4 is 10.3 Å². The van der Waals surface area contributed by atoms with E-state index in [1.165, 1.54) is 4.68 Å². The lowest BCUT2D eigenvalue weighted by Crippen LogP contribution is -2.27. The number of hydrogen-bond acceptors (Lipinski definition) is 5. The zero-order chi connectivity index (χ0) is 21.6. The Balaban J connectivity index is 1.66. The molecule has 31 heavy (non-hydrogen) atoms. The van der Waals surface area contributed by atoms with E-state index >= 15 is 0 Å². The second kappa shape index (κ2) is 9.36. The van der Waals surface area contributed by atoms with Crippen LogP contribution in [0.3, 0.4) is 0 Å². The van der Waals surface area contributed by atoms with Crippen molar-refractivity contribution in [1.29, 1.82) is 0 Å². The Morgan fingerprint density at radius 2 is 1.55 bits per heavy atom. The summed E-state index contributed by atoms with van der Waals surface area (Å²) in [5.41, 5.74) is 1.85. The Morgan fingerprint density at radius 3 is 2.26 bits per heavy atom. The maximum atomic E-state index is 13.0. The summed E-state index contributed by atoms with van der Waals surface area (Å²) in [7, 11) is 1.66. The summed E-state index contributed by atoms with van der Waals surface area (Å²) in [6.45, 7) is 0.886. The van der Waals surface area contributed by atoms with Gasteiger partial charge in [-0.1, -0.05) is 60.7 Å². The molecule has 0 N–H and O–H groups in total. The molecule has 3 aromatic carbocycles. The van der Waals surface area contributed by atoms with Crippen molar-refractivity contribution >= 4 is 16.7 Å². The lowest BCUT2D eigenvalue weighted by molar-refractivity contribution is 0.0728. The smallest absolute Gasteiger partial charge is 0.364 e. The lowest BCUT2D eigenvalue weighted by Gasteiger charge is -2.11. The lowest BCUT2D eigenvalue weighted by atomic mass is 10.1. The standard InChI is InChI=1S/C25H22N2O4/c1-30-16-15-18-11-13-20(14-12-18)31-25(29)23-21-9-5-6-10-22(21)24(28)27(26-23)17-19-7-3-2-4-8-19/h2-14H,15-17H2,1H3. The molecule has 156 valence electrons. The average Bonchev–Trinajstić information content (AvgIpc) is 2.81. The largest absolute Gasteiger partial charge is 0.422 e. The van der Waals surface area contributed by atoms with Crippen molar-refractivity contribution in [3.8, 4) is 5.75 Å². The quantitative estimate of drug-likeness (QED) is 0.339. The SMILES string of the molecule is COCCc1ccc(OC(=O)c2nn(Cc3ccccc3)c(=O)c3ccccc23)cc1. The highest BCUT2D eigenvalue weighted by atomic mass is 16.5. The van der Waals surface area contributed by atoms with Crippen LogP contribution in [-0.2, 0) is 17.7 Å². The minimum absolute atomic E-state index is 0.106. The Labute approximate surface area is 179 Å². The highest BCUT2D eigenvalue weighted by Gasteiger charge is 2.19. The van der Waals surface area contributed by atoms with Crippen LogP contribution in [0.4, 0.5) is 0 Å². The molecule has 0 spiro atoms. The summed E-state index contributed by atoms with van der Waals surface area (Å²) < 4.78 is 12.0. The van der Waals surface area contributed by atoms with E-state index in [0.717, 1.165) is 17.5 Å². The van der Waals surface area contributed by atoms with Crippen molar-refractivity contribution < 1.29 is 14.3 Å². The highest BCUT2D eigenvalue weighted by Crippen LogP contribution is 2.18. The number of nitrogens with zero attached hydrogens (tertiary/aromatic N) is 2. The molecule has 0 aliphatic carbocycles. The van der Waals surface area contributed by atoms with Crippen molar-refractivity contribution in [3.05, 3.63) is 106 Å². The van der Waals surface area contributed by atoms with Crippen LogP contribution in [0.5, 0.6) is 5.75 Å². The van der Waals surface area contributed by atoms with Crippen molar-refractivity contribution in [3.63, 3.8) is 0 Å². The number of aromatic nitrogens is 2. The summed E-state index contributed by atoms with van der Waals surface area (Å²) in [6, 6.07) is 23.7. The third kappa shape index (κ3) is 4.70. The Bertz CT molecular complexity index is 1250. The van der Waals surface area contributed by atoms with Gasteiger partial charge < -0.3 is 9.47 Å². The first-order chi connectivity index (χ1) is 15.2. The van der Waals surface area contributed by atoms with Crippen LogP contribution in [0.1, 0.15) is 21.6 Å². The Kier molecular flexibility index (Phi) is 6.19. The Hall–Kier alpha value is -3.77. The molecular formula is C25H22N2O4. The summed E-state index contributed by atoms with van der Waals surface area (Å²) >= 11 is 0. The summed E-state index contributed by atoms with van der Waals surface area (Å²) in [5, 5.41) is 5.26. The molecule has 0 saturated heterocycles. The third-order valence-corrected chi connectivity index (χ3v) is 4.97. The zero-order valence-corrected chi connectivity index (χ0v) is 17.2. The molecule has 0 fully saturated rings. The third-order valence-electron chi connectivity index (χ3n) is 4.97. The van der Waals surface area contributed by atoms with Gasteiger partial charge in [0.15, 0.2) is 5.69 Å². The fourth-order valence-corrected chi connectivity index (χ4v) is 3.35. The van der Waals surface area contributed by atoms with Gasteiger partial charge in [0.25, 0.3) is 5.56 Å². The van der Waals surface area contributed by atoms with Crippen molar-refractivity contribution in [2.75, 3.05) is 13.7 Å². The molecular weight excluding hydrogens is 392 g/mol. The normalized spacial score (nSPS) is 10.9. The summed E-state index contributed by atoms with van der Waals surface area (Å²) in [6.07, 6.45) is 0.779. The van der Waals surface area contributed by atoms with E-state index < -0.39 is 5.97 Å². The molecule has 1 aromatic heterocycles. The maximum Gasteiger partial charge on any atom is 0.364 e. The van der Waals surface area contributed by atoms with Gasteiger partial charge in [0.05, 0.1) is 18.5 Å². The van der Waals surface area contributed by atoms with E-state index in [9.17, 15) is 9.59 Å². The molecule has 4 rings (SSSR count). The van der Waals surface area contributed by atoms with Crippen LogP contribution in [0.15, 0.2) is 83.7 Å². The Morgan fingerprint density at radius 1 is 0.871 bits per heavy atom. The van der Waals surface area contributed by atoms with Crippen molar-refractivity contribution in [2.45, 2.75) is 13.0 Å². The molecule has 6 nitrogen and oxygen atoms in total. The number of esters is 1. The maximum absolute atomic E-state index is 13.0.